The maximum Gasteiger partial charge on any atom is 0.324 e. The van der Waals surface area contributed by atoms with Gasteiger partial charge in [-0.2, -0.15) is 0 Å². The second-order valence-electron chi connectivity index (χ2n) is 9.53. The van der Waals surface area contributed by atoms with Crippen LogP contribution in [0.5, 0.6) is 0 Å². The van der Waals surface area contributed by atoms with Gasteiger partial charge in [0.1, 0.15) is 11.4 Å². The number of ketones is 2. The zero-order valence-electron chi connectivity index (χ0n) is 20.0. The van der Waals surface area contributed by atoms with E-state index in [2.05, 4.69) is 4.98 Å². The fourth-order valence-electron chi connectivity index (χ4n) is 5.66. The van der Waals surface area contributed by atoms with Crippen molar-refractivity contribution >= 4 is 17.5 Å². The molecule has 0 spiro atoms. The maximum atomic E-state index is 13.3. The highest BCUT2D eigenvalue weighted by Crippen LogP contribution is 2.46. The van der Waals surface area contributed by atoms with Crippen molar-refractivity contribution in [2.75, 3.05) is 14.2 Å². The number of rotatable bonds is 9. The van der Waals surface area contributed by atoms with E-state index in [0.29, 0.717) is 18.4 Å². The summed E-state index contributed by atoms with van der Waals surface area (Å²) in [5, 5.41) is 0. The third kappa shape index (κ3) is 5.08. The predicted molar refractivity (Wildman–Crippen MR) is 124 cm³/mol. The highest BCUT2D eigenvalue weighted by Gasteiger charge is 2.53. The van der Waals surface area contributed by atoms with Gasteiger partial charge in [-0.1, -0.05) is 18.9 Å². The molecule has 7 heteroatoms. The SMILES string of the molecule is COC1=CC(OC)=C(CCC2(C3CCCC3)CC(=O)C(C(=O)Cc3cccnc3)C(=O)O2)CC1. The smallest absolute Gasteiger partial charge is 0.324 e. The third-order valence-electron chi connectivity index (χ3n) is 7.50. The number of aromatic nitrogens is 1. The lowest BCUT2D eigenvalue weighted by Crippen LogP contribution is -2.53. The van der Waals surface area contributed by atoms with Crippen molar-refractivity contribution in [3.8, 4) is 0 Å². The molecule has 1 saturated heterocycles. The number of Topliss-reactive ketones (excluding diaryl/α,β-unsaturated/α-hetero) is 2. The number of esters is 1. The Morgan fingerprint density at radius 2 is 1.97 bits per heavy atom. The summed E-state index contributed by atoms with van der Waals surface area (Å²) in [5.41, 5.74) is 0.965. The summed E-state index contributed by atoms with van der Waals surface area (Å²) in [7, 11) is 3.29. The molecule has 2 heterocycles. The van der Waals surface area contributed by atoms with Crippen molar-refractivity contribution in [3.63, 3.8) is 0 Å². The van der Waals surface area contributed by atoms with E-state index in [-0.39, 0.29) is 24.5 Å². The minimum Gasteiger partial charge on any atom is -0.501 e. The minimum absolute atomic E-state index is 0.00592. The molecule has 182 valence electrons. The van der Waals surface area contributed by atoms with Crippen molar-refractivity contribution < 1.29 is 28.6 Å². The minimum atomic E-state index is -1.34. The number of nitrogens with zero attached hydrogens (tertiary/aromatic N) is 1. The van der Waals surface area contributed by atoms with E-state index in [1.807, 2.05) is 6.08 Å². The van der Waals surface area contributed by atoms with Crippen LogP contribution in [0.4, 0.5) is 0 Å². The Hall–Kier alpha value is -2.96. The monoisotopic (exact) mass is 467 g/mol. The average molecular weight is 468 g/mol. The van der Waals surface area contributed by atoms with Crippen LogP contribution in [-0.4, -0.2) is 42.3 Å². The molecule has 4 rings (SSSR count). The molecule has 0 amide bonds. The number of pyridine rings is 1. The van der Waals surface area contributed by atoms with E-state index >= 15 is 0 Å². The van der Waals surface area contributed by atoms with Crippen LogP contribution in [0.1, 0.15) is 63.4 Å². The van der Waals surface area contributed by atoms with Gasteiger partial charge in [-0.05, 0) is 55.2 Å². The first kappa shape index (κ1) is 24.2. The second kappa shape index (κ2) is 10.5. The molecule has 0 bridgehead atoms. The second-order valence-corrected chi connectivity index (χ2v) is 9.53. The van der Waals surface area contributed by atoms with Gasteiger partial charge in [-0.3, -0.25) is 19.4 Å². The molecule has 7 nitrogen and oxygen atoms in total. The molecule has 2 unspecified atom stereocenters. The molecule has 2 atom stereocenters. The summed E-state index contributed by atoms with van der Waals surface area (Å²) in [6.45, 7) is 0. The molecular weight excluding hydrogens is 434 g/mol. The lowest BCUT2D eigenvalue weighted by atomic mass is 9.73. The average Bonchev–Trinajstić information content (AvgIpc) is 3.39. The van der Waals surface area contributed by atoms with Gasteiger partial charge in [-0.15, -0.1) is 0 Å². The predicted octanol–water partition coefficient (Wildman–Crippen LogP) is 4.26. The zero-order chi connectivity index (χ0) is 24.1. The number of carbonyl (C=O) groups is 3. The Morgan fingerprint density at radius 1 is 1.18 bits per heavy atom. The standard InChI is InChI=1S/C27H33NO6/c1-32-21-10-9-19(24(15-21)33-2)11-12-27(20-7-3-4-8-20)16-23(30)25(26(31)34-27)22(29)14-18-6-5-13-28-17-18/h5-6,13,15,17,20,25H,3-4,7-12,14,16H2,1-2H3. The van der Waals surface area contributed by atoms with Crippen molar-refractivity contribution in [2.45, 2.75) is 69.8 Å². The van der Waals surface area contributed by atoms with Gasteiger partial charge in [-0.25, -0.2) is 0 Å². The number of methoxy groups -OCH3 is 2. The van der Waals surface area contributed by atoms with E-state index in [9.17, 15) is 14.4 Å². The Bertz CT molecular complexity index is 972. The van der Waals surface area contributed by atoms with Gasteiger partial charge in [0.05, 0.1) is 20.0 Å². The summed E-state index contributed by atoms with van der Waals surface area (Å²) in [4.78, 5) is 43.3. The molecule has 3 aliphatic rings. The lowest BCUT2D eigenvalue weighted by Gasteiger charge is -2.43. The molecule has 0 N–H and O–H groups in total. The number of carbonyl (C=O) groups excluding carboxylic acids is 3. The summed E-state index contributed by atoms with van der Waals surface area (Å²) in [6, 6.07) is 3.49. The van der Waals surface area contributed by atoms with E-state index < -0.39 is 23.3 Å². The Kier molecular flexibility index (Phi) is 7.49. The molecule has 1 aliphatic heterocycles. The van der Waals surface area contributed by atoms with Crippen LogP contribution in [0.25, 0.3) is 0 Å². The van der Waals surface area contributed by atoms with E-state index in [1.54, 1.807) is 38.7 Å². The van der Waals surface area contributed by atoms with E-state index in [1.165, 1.54) is 0 Å². The van der Waals surface area contributed by atoms with E-state index in [4.69, 9.17) is 14.2 Å². The first-order valence-corrected chi connectivity index (χ1v) is 12.1. The number of cyclic esters (lactones) is 1. The van der Waals surface area contributed by atoms with Gasteiger partial charge < -0.3 is 14.2 Å². The molecule has 2 fully saturated rings. The quantitative estimate of drug-likeness (QED) is 0.396. The molecule has 2 aliphatic carbocycles. The van der Waals surface area contributed by atoms with Gasteiger partial charge in [0, 0.05) is 37.7 Å². The summed E-state index contributed by atoms with van der Waals surface area (Å²) < 4.78 is 17.1. The Morgan fingerprint density at radius 3 is 2.62 bits per heavy atom. The zero-order valence-corrected chi connectivity index (χ0v) is 20.0. The Balaban J connectivity index is 1.52. The molecule has 1 saturated carbocycles. The molecule has 0 radical (unpaired) electrons. The van der Waals surface area contributed by atoms with Crippen molar-refractivity contribution in [1.29, 1.82) is 0 Å². The van der Waals surface area contributed by atoms with Crippen LogP contribution in [-0.2, 0) is 35.0 Å². The first-order valence-electron chi connectivity index (χ1n) is 12.1. The molecule has 1 aromatic rings. The van der Waals surface area contributed by atoms with E-state index in [0.717, 1.165) is 55.6 Å². The van der Waals surface area contributed by atoms with Crippen molar-refractivity contribution in [2.24, 2.45) is 11.8 Å². The highest BCUT2D eigenvalue weighted by atomic mass is 16.6. The maximum absolute atomic E-state index is 13.3. The van der Waals surface area contributed by atoms with Crippen molar-refractivity contribution in [1.82, 2.24) is 4.98 Å². The molecule has 34 heavy (non-hydrogen) atoms. The van der Waals surface area contributed by atoms with Crippen molar-refractivity contribution in [3.05, 3.63) is 53.3 Å². The van der Waals surface area contributed by atoms with Crippen LogP contribution in [0, 0.1) is 11.8 Å². The van der Waals surface area contributed by atoms with Gasteiger partial charge >= 0.3 is 5.97 Å². The molecule has 1 aromatic heterocycles. The number of hydrogen-bond acceptors (Lipinski definition) is 7. The van der Waals surface area contributed by atoms with Gasteiger partial charge in [0.15, 0.2) is 17.5 Å². The number of allylic oxidation sites excluding steroid dienone is 3. The van der Waals surface area contributed by atoms with Gasteiger partial charge in [0.25, 0.3) is 0 Å². The Labute approximate surface area is 200 Å². The van der Waals surface area contributed by atoms with Crippen LogP contribution in [0.3, 0.4) is 0 Å². The van der Waals surface area contributed by atoms with Gasteiger partial charge in [0.2, 0.25) is 0 Å². The summed E-state index contributed by atoms with van der Waals surface area (Å²) in [5.74, 6) is -0.980. The molecular formula is C27H33NO6. The number of ether oxygens (including phenoxy) is 3. The first-order chi connectivity index (χ1) is 16.5. The summed E-state index contributed by atoms with van der Waals surface area (Å²) in [6.07, 6.45) is 12.0. The third-order valence-corrected chi connectivity index (χ3v) is 7.50. The van der Waals surface area contributed by atoms with Crippen LogP contribution in [0.2, 0.25) is 0 Å². The highest BCUT2D eigenvalue weighted by molar-refractivity contribution is 6.19. The van der Waals surface area contributed by atoms with Crippen LogP contribution < -0.4 is 0 Å². The topological polar surface area (TPSA) is 91.8 Å². The fourth-order valence-corrected chi connectivity index (χ4v) is 5.66. The summed E-state index contributed by atoms with van der Waals surface area (Å²) >= 11 is 0. The van der Waals surface area contributed by atoms with Crippen LogP contribution in [0.15, 0.2) is 47.7 Å². The normalized spacial score (nSPS) is 25.7. The largest absolute Gasteiger partial charge is 0.501 e. The van der Waals surface area contributed by atoms with Crippen LogP contribution >= 0.6 is 0 Å². The lowest BCUT2D eigenvalue weighted by molar-refractivity contribution is -0.186. The molecule has 0 aromatic carbocycles. The fraction of sp³-hybridized carbons (Fsp3) is 0.556. The number of hydrogen-bond donors (Lipinski definition) is 0.